The first-order chi connectivity index (χ1) is 14.7. The molecule has 0 saturated heterocycles. The second-order valence-corrected chi connectivity index (χ2v) is 7.44. The molecule has 0 aromatic heterocycles. The van der Waals surface area contributed by atoms with E-state index in [4.69, 9.17) is 9.47 Å². The molecule has 0 spiro atoms. The lowest BCUT2D eigenvalue weighted by molar-refractivity contribution is -0.186. The minimum Gasteiger partial charge on any atom is -0.342 e. The van der Waals surface area contributed by atoms with Crippen LogP contribution >= 0.6 is 0 Å². The molecule has 2 rings (SSSR count). The smallest absolute Gasteiger partial charge is 0.247 e. The lowest BCUT2D eigenvalue weighted by Crippen LogP contribution is -2.40. The van der Waals surface area contributed by atoms with Gasteiger partial charge >= 0.3 is 0 Å². The fraction of sp³-hybridized carbons (Fsp3) is 0.429. The molecule has 0 aliphatic rings. The third-order valence-electron chi connectivity index (χ3n) is 5.23. The van der Waals surface area contributed by atoms with Gasteiger partial charge in [-0.05, 0) is 36.6 Å². The maximum absolute atomic E-state index is 5.86. The van der Waals surface area contributed by atoms with Gasteiger partial charge in [-0.15, -0.1) is 0 Å². The van der Waals surface area contributed by atoms with Crippen LogP contribution in [0.3, 0.4) is 0 Å². The molecular weight excluding hydrogens is 368 g/mol. The van der Waals surface area contributed by atoms with Crippen molar-refractivity contribution in [1.29, 1.82) is 0 Å². The highest BCUT2D eigenvalue weighted by Gasteiger charge is 2.36. The number of ether oxygens (including phenoxy) is 2. The van der Waals surface area contributed by atoms with E-state index in [2.05, 4.69) is 30.6 Å². The molecule has 2 aromatic rings. The van der Waals surface area contributed by atoms with Crippen molar-refractivity contribution in [3.8, 4) is 23.7 Å². The van der Waals surface area contributed by atoms with Crippen molar-refractivity contribution in [3.63, 3.8) is 0 Å². The number of benzene rings is 2. The lowest BCUT2D eigenvalue weighted by atomic mass is 9.91. The maximum atomic E-state index is 5.86. The monoisotopic (exact) mass is 402 g/mol. The van der Waals surface area contributed by atoms with Gasteiger partial charge in [-0.25, -0.2) is 0 Å². The Morgan fingerprint density at radius 3 is 1.83 bits per heavy atom. The third kappa shape index (κ3) is 7.72. The van der Waals surface area contributed by atoms with Gasteiger partial charge in [0.2, 0.25) is 5.79 Å². The van der Waals surface area contributed by atoms with Crippen molar-refractivity contribution in [1.82, 2.24) is 0 Å². The van der Waals surface area contributed by atoms with Crippen molar-refractivity contribution >= 4 is 0 Å². The highest BCUT2D eigenvalue weighted by Crippen LogP contribution is 2.27. The van der Waals surface area contributed by atoms with E-state index < -0.39 is 5.79 Å². The summed E-state index contributed by atoms with van der Waals surface area (Å²) in [5, 5.41) is 0. The maximum Gasteiger partial charge on any atom is 0.247 e. The zero-order valence-electron chi connectivity index (χ0n) is 18.6. The van der Waals surface area contributed by atoms with Gasteiger partial charge in [0.15, 0.2) is 0 Å². The summed E-state index contributed by atoms with van der Waals surface area (Å²) >= 11 is 0. The molecule has 0 bridgehead atoms. The Labute approximate surface area is 183 Å². The van der Waals surface area contributed by atoms with Crippen LogP contribution in [-0.2, 0) is 9.47 Å². The van der Waals surface area contributed by atoms with E-state index in [1.807, 2.05) is 60.7 Å². The van der Waals surface area contributed by atoms with Crippen LogP contribution in [0.15, 0.2) is 60.7 Å². The summed E-state index contributed by atoms with van der Waals surface area (Å²) < 4.78 is 11.7. The van der Waals surface area contributed by atoms with Gasteiger partial charge in [-0.3, -0.25) is 0 Å². The van der Waals surface area contributed by atoms with Crippen LogP contribution < -0.4 is 0 Å². The summed E-state index contributed by atoms with van der Waals surface area (Å²) in [6.45, 7) is 2.24. The normalized spacial score (nSPS) is 11.7. The predicted octanol–water partition coefficient (Wildman–Crippen LogP) is 6.45. The molecule has 1 unspecified atom stereocenters. The third-order valence-corrected chi connectivity index (χ3v) is 5.23. The van der Waals surface area contributed by atoms with E-state index in [0.717, 1.165) is 24.0 Å². The van der Waals surface area contributed by atoms with E-state index in [9.17, 15) is 0 Å². The average molecular weight is 403 g/mol. The quantitative estimate of drug-likeness (QED) is 0.258. The Bertz CT molecular complexity index is 830. The van der Waals surface area contributed by atoms with Gasteiger partial charge < -0.3 is 9.47 Å². The molecule has 0 N–H and O–H groups in total. The van der Waals surface area contributed by atoms with E-state index in [0.29, 0.717) is 0 Å². The highest BCUT2D eigenvalue weighted by atomic mass is 16.7. The predicted molar refractivity (Wildman–Crippen MR) is 125 cm³/mol. The van der Waals surface area contributed by atoms with Crippen molar-refractivity contribution < 1.29 is 9.47 Å². The minimum absolute atomic E-state index is 0.143. The van der Waals surface area contributed by atoms with Crippen LogP contribution in [0.1, 0.15) is 63.0 Å². The average Bonchev–Trinajstić information content (AvgIpc) is 2.81. The molecule has 0 aliphatic carbocycles. The van der Waals surface area contributed by atoms with Crippen LogP contribution in [0.4, 0.5) is 0 Å². The molecule has 0 heterocycles. The van der Waals surface area contributed by atoms with Crippen LogP contribution in [0.2, 0.25) is 0 Å². The highest BCUT2D eigenvalue weighted by molar-refractivity contribution is 5.38. The number of rotatable bonds is 10. The molecule has 0 aliphatic heterocycles. The van der Waals surface area contributed by atoms with Crippen molar-refractivity contribution in [2.24, 2.45) is 5.92 Å². The van der Waals surface area contributed by atoms with Gasteiger partial charge in [-0.1, -0.05) is 99.6 Å². The fourth-order valence-corrected chi connectivity index (χ4v) is 3.42. The van der Waals surface area contributed by atoms with E-state index in [1.165, 1.54) is 32.1 Å². The summed E-state index contributed by atoms with van der Waals surface area (Å²) in [4.78, 5) is 0. The van der Waals surface area contributed by atoms with Gasteiger partial charge in [0.25, 0.3) is 0 Å². The van der Waals surface area contributed by atoms with Crippen LogP contribution in [0.5, 0.6) is 0 Å². The molecule has 2 aromatic carbocycles. The summed E-state index contributed by atoms with van der Waals surface area (Å²) in [5.41, 5.74) is 1.92. The topological polar surface area (TPSA) is 18.5 Å². The summed E-state index contributed by atoms with van der Waals surface area (Å²) in [6, 6.07) is 20.0. The molecule has 2 heteroatoms. The van der Waals surface area contributed by atoms with Crippen molar-refractivity contribution in [3.05, 3.63) is 71.8 Å². The summed E-state index contributed by atoms with van der Waals surface area (Å²) in [7, 11) is 3.31. The fourth-order valence-electron chi connectivity index (χ4n) is 3.42. The Balaban J connectivity index is 2.23. The largest absolute Gasteiger partial charge is 0.342 e. The Kier molecular flexibility index (Phi) is 10.8. The van der Waals surface area contributed by atoms with E-state index in [1.54, 1.807) is 14.2 Å². The summed E-state index contributed by atoms with van der Waals surface area (Å²) in [6.07, 6.45) is 8.28. The standard InChI is InChI=1S/C28H34O2/c1-4-5-6-7-8-15-20-27(22-21-25-16-11-9-12-17-25)28(29-2,30-3)24-23-26-18-13-10-14-19-26/h9-14,16-19,27H,4-8,15,20H2,1-3H3. The molecule has 2 nitrogen and oxygen atoms in total. The van der Waals surface area contributed by atoms with Crippen LogP contribution in [0.25, 0.3) is 0 Å². The Morgan fingerprint density at radius 2 is 1.27 bits per heavy atom. The zero-order valence-corrected chi connectivity index (χ0v) is 18.6. The first-order valence-corrected chi connectivity index (χ1v) is 11.0. The molecule has 158 valence electrons. The van der Waals surface area contributed by atoms with Gasteiger partial charge in [0, 0.05) is 25.3 Å². The molecule has 30 heavy (non-hydrogen) atoms. The SMILES string of the molecule is CCCCCCCCC(C#Cc1ccccc1)C(C#Cc1ccccc1)(OC)OC. The number of hydrogen-bond donors (Lipinski definition) is 0. The first kappa shape index (κ1) is 23.8. The van der Waals surface area contributed by atoms with Crippen LogP contribution in [-0.4, -0.2) is 20.0 Å². The second kappa shape index (κ2) is 13.7. The molecule has 0 saturated carbocycles. The Morgan fingerprint density at radius 1 is 0.733 bits per heavy atom. The van der Waals surface area contributed by atoms with Crippen molar-refractivity contribution in [2.45, 2.75) is 57.7 Å². The van der Waals surface area contributed by atoms with Gasteiger partial charge in [-0.2, -0.15) is 0 Å². The molecule has 0 amide bonds. The van der Waals surface area contributed by atoms with Gasteiger partial charge in [0.05, 0.1) is 5.92 Å². The number of unbranched alkanes of at least 4 members (excludes halogenated alkanes) is 5. The molecule has 0 fully saturated rings. The lowest BCUT2D eigenvalue weighted by Gasteiger charge is -2.31. The number of methoxy groups -OCH3 is 2. The van der Waals surface area contributed by atoms with E-state index in [-0.39, 0.29) is 5.92 Å². The zero-order chi connectivity index (χ0) is 21.5. The molecule has 1 atom stereocenters. The molecular formula is C28H34O2. The van der Waals surface area contributed by atoms with Crippen molar-refractivity contribution in [2.75, 3.05) is 14.2 Å². The van der Waals surface area contributed by atoms with E-state index >= 15 is 0 Å². The minimum atomic E-state index is -1.05. The Hall–Kier alpha value is -2.52. The van der Waals surface area contributed by atoms with Crippen LogP contribution in [0, 0.1) is 29.6 Å². The van der Waals surface area contributed by atoms with Gasteiger partial charge in [0.1, 0.15) is 0 Å². The number of hydrogen-bond acceptors (Lipinski definition) is 2. The molecule has 0 radical (unpaired) electrons. The first-order valence-electron chi connectivity index (χ1n) is 11.0. The second-order valence-electron chi connectivity index (χ2n) is 7.44. The summed E-state index contributed by atoms with van der Waals surface area (Å²) in [5.74, 6) is 12.0.